The number of rotatable bonds is 5. The SMILES string of the molecule is N#Cc1ccc(-c2ccc(-c3cccc4c3-c3cc(-c5cc(-c6ccccc6)nc(-c6ccccc6)n5)ccc3C43c4ccccc4Sc4ccccc43)c3ccccc23)cc1. The highest BCUT2D eigenvalue weighted by Crippen LogP contribution is 2.64. The Hall–Kier alpha value is -7.84. The number of nitrogens with zero attached hydrogens (tertiary/aromatic N) is 3. The van der Waals surface area contributed by atoms with Crippen molar-refractivity contribution in [3.63, 3.8) is 0 Å². The van der Waals surface area contributed by atoms with Crippen LogP contribution in [-0.2, 0) is 5.41 Å². The predicted molar refractivity (Wildman–Crippen MR) is 253 cm³/mol. The molecular formula is C58H35N3S. The van der Waals surface area contributed by atoms with E-state index >= 15 is 0 Å². The van der Waals surface area contributed by atoms with Crippen LogP contribution in [0.1, 0.15) is 27.8 Å². The van der Waals surface area contributed by atoms with Gasteiger partial charge in [0, 0.05) is 26.5 Å². The molecule has 0 saturated carbocycles. The van der Waals surface area contributed by atoms with Crippen LogP contribution < -0.4 is 0 Å². The Morgan fingerprint density at radius 3 is 1.65 bits per heavy atom. The Labute approximate surface area is 364 Å². The smallest absolute Gasteiger partial charge is 0.160 e. The maximum atomic E-state index is 9.52. The maximum Gasteiger partial charge on any atom is 0.160 e. The summed E-state index contributed by atoms with van der Waals surface area (Å²) in [6, 6.07) is 78.1. The highest BCUT2D eigenvalue weighted by atomic mass is 32.2. The van der Waals surface area contributed by atoms with Crippen molar-refractivity contribution in [2.24, 2.45) is 0 Å². The molecule has 0 bridgehead atoms. The summed E-state index contributed by atoms with van der Waals surface area (Å²) in [5, 5.41) is 11.9. The Kier molecular flexibility index (Phi) is 8.38. The van der Waals surface area contributed by atoms with Crippen molar-refractivity contribution in [3.05, 3.63) is 240 Å². The molecule has 62 heavy (non-hydrogen) atoms. The van der Waals surface area contributed by atoms with Gasteiger partial charge in [-0.15, -0.1) is 0 Å². The lowest BCUT2D eigenvalue weighted by Crippen LogP contribution is -2.31. The molecule has 0 N–H and O–H groups in total. The van der Waals surface area contributed by atoms with E-state index in [1.165, 1.54) is 65.1 Å². The fourth-order valence-electron chi connectivity index (χ4n) is 9.91. The Bertz CT molecular complexity index is 3340. The third-order valence-electron chi connectivity index (χ3n) is 12.6. The average molecular weight is 806 g/mol. The molecule has 1 aromatic heterocycles. The molecule has 0 atom stereocenters. The molecule has 2 heterocycles. The first-order valence-corrected chi connectivity index (χ1v) is 21.7. The number of aromatic nitrogens is 2. The molecule has 12 rings (SSSR count). The zero-order chi connectivity index (χ0) is 41.2. The maximum absolute atomic E-state index is 9.52. The molecule has 10 aromatic rings. The van der Waals surface area contributed by atoms with Crippen molar-refractivity contribution in [2.75, 3.05) is 0 Å². The summed E-state index contributed by atoms with van der Waals surface area (Å²) in [4.78, 5) is 13.0. The number of hydrogen-bond donors (Lipinski definition) is 0. The minimum Gasteiger partial charge on any atom is -0.228 e. The van der Waals surface area contributed by atoms with E-state index in [-0.39, 0.29) is 0 Å². The molecule has 0 saturated heterocycles. The lowest BCUT2D eigenvalue weighted by atomic mass is 9.67. The topological polar surface area (TPSA) is 49.6 Å². The Morgan fingerprint density at radius 1 is 0.387 bits per heavy atom. The molecule has 0 unspecified atom stereocenters. The van der Waals surface area contributed by atoms with Crippen LogP contribution in [0.3, 0.4) is 0 Å². The molecular weight excluding hydrogens is 771 g/mol. The fourth-order valence-corrected chi connectivity index (χ4v) is 11.1. The highest BCUT2D eigenvalue weighted by Gasteiger charge is 2.51. The van der Waals surface area contributed by atoms with Gasteiger partial charge in [-0.1, -0.05) is 188 Å². The van der Waals surface area contributed by atoms with E-state index in [1.54, 1.807) is 0 Å². The van der Waals surface area contributed by atoms with Crippen molar-refractivity contribution < 1.29 is 0 Å². The third kappa shape index (κ3) is 5.53. The second-order valence-corrected chi connectivity index (χ2v) is 17.0. The Morgan fingerprint density at radius 2 is 0.952 bits per heavy atom. The van der Waals surface area contributed by atoms with Crippen molar-refractivity contribution in [2.45, 2.75) is 15.2 Å². The van der Waals surface area contributed by atoms with Crippen LogP contribution in [0.2, 0.25) is 0 Å². The van der Waals surface area contributed by atoms with Crippen molar-refractivity contribution in [1.29, 1.82) is 5.26 Å². The summed E-state index contributed by atoms with van der Waals surface area (Å²) < 4.78 is 0. The molecule has 3 nitrogen and oxygen atoms in total. The average Bonchev–Trinajstić information content (AvgIpc) is 3.64. The third-order valence-corrected chi connectivity index (χ3v) is 13.8. The Balaban J connectivity index is 1.15. The first-order chi connectivity index (χ1) is 30.7. The van der Waals surface area contributed by atoms with Gasteiger partial charge in [-0.2, -0.15) is 5.26 Å². The molecule has 4 heteroatoms. The zero-order valence-electron chi connectivity index (χ0n) is 33.5. The number of fused-ring (bicyclic) bond motifs is 10. The number of benzene rings is 9. The van der Waals surface area contributed by atoms with E-state index in [2.05, 4.69) is 182 Å². The molecule has 0 radical (unpaired) electrons. The van der Waals surface area contributed by atoms with Gasteiger partial charge in [0.05, 0.1) is 28.4 Å². The normalized spacial score (nSPS) is 12.9. The van der Waals surface area contributed by atoms with Gasteiger partial charge in [0.25, 0.3) is 0 Å². The van der Waals surface area contributed by atoms with Crippen LogP contribution in [0.25, 0.3) is 78.1 Å². The number of nitriles is 1. The summed E-state index contributed by atoms with van der Waals surface area (Å²) in [5.74, 6) is 0.695. The standard InChI is InChI=1S/C58H35N3S/c59-36-37-26-28-38(29-27-37)42-31-32-45(44-19-8-7-18-43(42)44)46-20-13-23-51-56(46)47-34-41(53-35-52(39-14-3-1-4-15-39)60-57(61-53)40-16-5-2-6-17-40)30-33-48(47)58(51)49-21-9-11-24-54(49)62-55-25-12-10-22-50(55)58/h1-35H. The van der Waals surface area contributed by atoms with Gasteiger partial charge in [0.15, 0.2) is 5.82 Å². The molecule has 0 amide bonds. The summed E-state index contributed by atoms with van der Waals surface area (Å²) in [7, 11) is 0. The van der Waals surface area contributed by atoms with Gasteiger partial charge >= 0.3 is 0 Å². The molecule has 288 valence electrons. The summed E-state index contributed by atoms with van der Waals surface area (Å²) in [5.41, 5.74) is 17.1. The van der Waals surface area contributed by atoms with E-state index in [0.717, 1.165) is 39.2 Å². The molecule has 9 aromatic carbocycles. The van der Waals surface area contributed by atoms with Gasteiger partial charge < -0.3 is 0 Å². The largest absolute Gasteiger partial charge is 0.228 e. The lowest BCUT2D eigenvalue weighted by molar-refractivity contribution is 0.722. The van der Waals surface area contributed by atoms with Gasteiger partial charge in [0.2, 0.25) is 0 Å². The minimum absolute atomic E-state index is 0.550. The molecule has 0 fully saturated rings. The van der Waals surface area contributed by atoms with Crippen LogP contribution in [-0.4, -0.2) is 9.97 Å². The van der Waals surface area contributed by atoms with Crippen LogP contribution in [0.5, 0.6) is 0 Å². The van der Waals surface area contributed by atoms with Gasteiger partial charge in [0.1, 0.15) is 0 Å². The van der Waals surface area contributed by atoms with E-state index in [9.17, 15) is 5.26 Å². The van der Waals surface area contributed by atoms with Crippen LogP contribution >= 0.6 is 11.8 Å². The molecule has 1 spiro atoms. The fraction of sp³-hybridized carbons (Fsp3) is 0.0172. The van der Waals surface area contributed by atoms with Crippen LogP contribution in [0.4, 0.5) is 0 Å². The van der Waals surface area contributed by atoms with Crippen LogP contribution in [0.15, 0.2) is 222 Å². The molecule has 1 aliphatic heterocycles. The summed E-state index contributed by atoms with van der Waals surface area (Å²) >= 11 is 1.86. The molecule has 1 aliphatic carbocycles. The van der Waals surface area contributed by atoms with E-state index in [4.69, 9.17) is 9.97 Å². The predicted octanol–water partition coefficient (Wildman–Crippen LogP) is 14.7. The van der Waals surface area contributed by atoms with Crippen molar-refractivity contribution >= 4 is 22.5 Å². The number of hydrogen-bond acceptors (Lipinski definition) is 4. The van der Waals surface area contributed by atoms with Crippen molar-refractivity contribution in [3.8, 4) is 73.4 Å². The minimum atomic E-state index is -0.550. The van der Waals surface area contributed by atoms with Gasteiger partial charge in [-0.05, 0) is 103 Å². The van der Waals surface area contributed by atoms with E-state index in [0.29, 0.717) is 11.4 Å². The highest BCUT2D eigenvalue weighted by molar-refractivity contribution is 7.99. The van der Waals surface area contributed by atoms with E-state index < -0.39 is 5.41 Å². The quantitative estimate of drug-likeness (QED) is 0.174. The first kappa shape index (κ1) is 36.0. The van der Waals surface area contributed by atoms with Crippen LogP contribution in [0, 0.1) is 11.3 Å². The van der Waals surface area contributed by atoms with Gasteiger partial charge in [-0.3, -0.25) is 0 Å². The van der Waals surface area contributed by atoms with Crippen molar-refractivity contribution in [1.82, 2.24) is 9.97 Å². The molecule has 2 aliphatic rings. The van der Waals surface area contributed by atoms with Gasteiger partial charge in [-0.25, -0.2) is 9.97 Å². The second-order valence-electron chi connectivity index (χ2n) is 15.9. The first-order valence-electron chi connectivity index (χ1n) is 20.9. The zero-order valence-corrected chi connectivity index (χ0v) is 34.3. The lowest BCUT2D eigenvalue weighted by Gasteiger charge is -2.39. The second kappa shape index (κ2) is 14.4. The van der Waals surface area contributed by atoms with E-state index in [1.807, 2.05) is 48.2 Å². The summed E-state index contributed by atoms with van der Waals surface area (Å²) in [6.07, 6.45) is 0. The summed E-state index contributed by atoms with van der Waals surface area (Å²) in [6.45, 7) is 0. The monoisotopic (exact) mass is 805 g/mol.